The molecule has 1 heterocycles. The molecule has 1 aromatic rings. The van der Waals surface area contributed by atoms with E-state index in [-0.39, 0.29) is 22.9 Å². The molecule has 0 radical (unpaired) electrons. The van der Waals surface area contributed by atoms with E-state index in [2.05, 4.69) is 16.2 Å². The average molecular weight is 218 g/mol. The molecule has 2 N–H and O–H groups in total. The SMILES string of the molecule is C#CCC(CC)NC(=O)c1c[nH]ccc1=O. The average Bonchev–Trinajstić information content (AvgIpc) is 2.28. The molecule has 0 aliphatic carbocycles. The van der Waals surface area contributed by atoms with Crippen molar-refractivity contribution in [3.63, 3.8) is 0 Å². The molecule has 16 heavy (non-hydrogen) atoms. The minimum atomic E-state index is -0.385. The molecule has 0 saturated heterocycles. The first-order valence-electron chi connectivity index (χ1n) is 5.10. The van der Waals surface area contributed by atoms with Crippen molar-refractivity contribution in [2.24, 2.45) is 0 Å². The summed E-state index contributed by atoms with van der Waals surface area (Å²) in [4.78, 5) is 25.8. The summed E-state index contributed by atoms with van der Waals surface area (Å²) in [6.45, 7) is 1.93. The minimum absolute atomic E-state index is 0.0860. The summed E-state index contributed by atoms with van der Waals surface area (Å²) in [5.74, 6) is 2.10. The summed E-state index contributed by atoms with van der Waals surface area (Å²) < 4.78 is 0. The Balaban J connectivity index is 2.77. The van der Waals surface area contributed by atoms with Gasteiger partial charge in [-0.25, -0.2) is 0 Å². The Kier molecular flexibility index (Phi) is 4.34. The van der Waals surface area contributed by atoms with E-state index >= 15 is 0 Å². The zero-order valence-corrected chi connectivity index (χ0v) is 9.12. The van der Waals surface area contributed by atoms with Gasteiger partial charge >= 0.3 is 0 Å². The largest absolute Gasteiger partial charge is 0.367 e. The van der Waals surface area contributed by atoms with Crippen LogP contribution in [0.4, 0.5) is 0 Å². The van der Waals surface area contributed by atoms with Gasteiger partial charge in [-0.15, -0.1) is 12.3 Å². The van der Waals surface area contributed by atoms with E-state index in [1.165, 1.54) is 18.5 Å². The molecule has 1 rings (SSSR count). The summed E-state index contributed by atoms with van der Waals surface area (Å²) in [7, 11) is 0. The van der Waals surface area contributed by atoms with Gasteiger partial charge in [-0.1, -0.05) is 6.92 Å². The second-order valence-electron chi connectivity index (χ2n) is 3.41. The number of aromatic amines is 1. The number of hydrogen-bond acceptors (Lipinski definition) is 2. The number of carbonyl (C=O) groups is 1. The highest BCUT2D eigenvalue weighted by Gasteiger charge is 2.13. The molecule has 4 nitrogen and oxygen atoms in total. The van der Waals surface area contributed by atoms with Crippen LogP contribution in [0, 0.1) is 12.3 Å². The first-order valence-corrected chi connectivity index (χ1v) is 5.10. The third-order valence-electron chi connectivity index (χ3n) is 2.26. The number of hydrogen-bond donors (Lipinski definition) is 2. The van der Waals surface area contributed by atoms with Crippen LogP contribution in [0.2, 0.25) is 0 Å². The summed E-state index contributed by atoms with van der Waals surface area (Å²) in [5.41, 5.74) is -0.190. The molecule has 1 atom stereocenters. The molecule has 0 fully saturated rings. The molecule has 84 valence electrons. The fourth-order valence-electron chi connectivity index (χ4n) is 1.30. The molecule has 0 aromatic carbocycles. The second-order valence-corrected chi connectivity index (χ2v) is 3.41. The maximum absolute atomic E-state index is 11.7. The van der Waals surface area contributed by atoms with Crippen molar-refractivity contribution in [3.8, 4) is 12.3 Å². The molecule has 0 aliphatic heterocycles. The second kappa shape index (κ2) is 5.76. The smallest absolute Gasteiger partial charge is 0.256 e. The van der Waals surface area contributed by atoms with Gasteiger partial charge < -0.3 is 10.3 Å². The Morgan fingerprint density at radius 3 is 3.00 bits per heavy atom. The fourth-order valence-corrected chi connectivity index (χ4v) is 1.30. The van der Waals surface area contributed by atoms with Gasteiger partial charge in [-0.3, -0.25) is 9.59 Å². The molecule has 0 saturated carbocycles. The Morgan fingerprint density at radius 1 is 1.69 bits per heavy atom. The van der Waals surface area contributed by atoms with Gasteiger partial charge in [0.25, 0.3) is 5.91 Å². The fraction of sp³-hybridized carbons (Fsp3) is 0.333. The number of H-pyrrole nitrogens is 1. The Labute approximate surface area is 94.1 Å². The standard InChI is InChI=1S/C12H14N2O2/c1-3-5-9(4-2)14-12(16)10-8-13-7-6-11(10)15/h1,6-9H,4-5H2,2H3,(H,13,15)(H,14,16). The van der Waals surface area contributed by atoms with E-state index < -0.39 is 0 Å². The van der Waals surface area contributed by atoms with Crippen molar-refractivity contribution < 1.29 is 4.79 Å². The molecule has 0 aliphatic rings. The third kappa shape index (κ3) is 2.99. The van der Waals surface area contributed by atoms with Gasteiger partial charge in [-0.05, 0) is 6.42 Å². The van der Waals surface area contributed by atoms with Crippen LogP contribution in [0.15, 0.2) is 23.3 Å². The van der Waals surface area contributed by atoms with Gasteiger partial charge in [0.15, 0.2) is 5.43 Å². The van der Waals surface area contributed by atoms with Gasteiger partial charge in [0.05, 0.1) is 0 Å². The van der Waals surface area contributed by atoms with E-state index in [0.717, 1.165) is 6.42 Å². The van der Waals surface area contributed by atoms with E-state index in [0.29, 0.717) is 6.42 Å². The van der Waals surface area contributed by atoms with Crippen LogP contribution in [0.5, 0.6) is 0 Å². The van der Waals surface area contributed by atoms with Crippen LogP contribution in [0.25, 0.3) is 0 Å². The number of pyridine rings is 1. The van der Waals surface area contributed by atoms with Crippen molar-refractivity contribution in [2.45, 2.75) is 25.8 Å². The maximum atomic E-state index is 11.7. The lowest BCUT2D eigenvalue weighted by Crippen LogP contribution is -2.36. The normalized spacial score (nSPS) is 11.5. The third-order valence-corrected chi connectivity index (χ3v) is 2.26. The summed E-state index contributed by atoms with van der Waals surface area (Å²) in [6.07, 6.45) is 9.26. The lowest BCUT2D eigenvalue weighted by Gasteiger charge is -2.13. The summed E-state index contributed by atoms with van der Waals surface area (Å²) in [6, 6.07) is 1.23. The van der Waals surface area contributed by atoms with Gasteiger partial charge in [0.2, 0.25) is 0 Å². The quantitative estimate of drug-likeness (QED) is 0.738. The number of carbonyl (C=O) groups excluding carboxylic acids is 1. The monoisotopic (exact) mass is 218 g/mol. The number of nitrogens with one attached hydrogen (secondary N) is 2. The lowest BCUT2D eigenvalue weighted by molar-refractivity contribution is 0.0935. The van der Waals surface area contributed by atoms with E-state index in [9.17, 15) is 9.59 Å². The van der Waals surface area contributed by atoms with Crippen LogP contribution >= 0.6 is 0 Å². The molecule has 0 spiro atoms. The first kappa shape index (κ1) is 12.1. The van der Waals surface area contributed by atoms with Crippen molar-refractivity contribution >= 4 is 5.91 Å². The van der Waals surface area contributed by atoms with Gasteiger partial charge in [0.1, 0.15) is 5.56 Å². The predicted molar refractivity (Wildman–Crippen MR) is 62.1 cm³/mol. The number of terminal acetylenes is 1. The molecule has 1 aromatic heterocycles. The van der Waals surface area contributed by atoms with Crippen molar-refractivity contribution in [3.05, 3.63) is 34.2 Å². The Bertz CT molecular complexity index is 457. The van der Waals surface area contributed by atoms with Gasteiger partial charge in [-0.2, -0.15) is 0 Å². The zero-order valence-electron chi connectivity index (χ0n) is 9.12. The minimum Gasteiger partial charge on any atom is -0.367 e. The van der Waals surface area contributed by atoms with E-state index in [1.807, 2.05) is 6.92 Å². The topological polar surface area (TPSA) is 62.0 Å². The summed E-state index contributed by atoms with van der Waals surface area (Å²) in [5, 5.41) is 2.72. The highest BCUT2D eigenvalue weighted by atomic mass is 16.2. The molecular weight excluding hydrogens is 204 g/mol. The first-order chi connectivity index (χ1) is 7.69. The van der Waals surface area contributed by atoms with Crippen LogP contribution in [-0.2, 0) is 0 Å². The van der Waals surface area contributed by atoms with Crippen molar-refractivity contribution in [2.75, 3.05) is 0 Å². The zero-order chi connectivity index (χ0) is 12.0. The highest BCUT2D eigenvalue weighted by Crippen LogP contribution is 1.98. The van der Waals surface area contributed by atoms with Crippen LogP contribution in [-0.4, -0.2) is 16.9 Å². The summed E-state index contributed by atoms with van der Waals surface area (Å²) >= 11 is 0. The van der Waals surface area contributed by atoms with Crippen molar-refractivity contribution in [1.29, 1.82) is 0 Å². The van der Waals surface area contributed by atoms with Crippen LogP contribution in [0.3, 0.4) is 0 Å². The van der Waals surface area contributed by atoms with E-state index in [4.69, 9.17) is 6.42 Å². The Morgan fingerprint density at radius 2 is 2.44 bits per heavy atom. The van der Waals surface area contributed by atoms with Crippen molar-refractivity contribution in [1.82, 2.24) is 10.3 Å². The molecule has 1 amide bonds. The van der Waals surface area contributed by atoms with Crippen LogP contribution < -0.4 is 10.7 Å². The molecule has 0 bridgehead atoms. The van der Waals surface area contributed by atoms with Gasteiger partial charge in [0, 0.05) is 30.9 Å². The van der Waals surface area contributed by atoms with E-state index in [1.54, 1.807) is 0 Å². The number of aromatic nitrogens is 1. The molecular formula is C12H14N2O2. The highest BCUT2D eigenvalue weighted by molar-refractivity contribution is 5.93. The number of rotatable bonds is 4. The number of amides is 1. The molecule has 4 heteroatoms. The predicted octanol–water partition coefficient (Wildman–Crippen LogP) is 0.907. The Hall–Kier alpha value is -2.02. The van der Waals surface area contributed by atoms with Crippen LogP contribution in [0.1, 0.15) is 30.1 Å². The lowest BCUT2D eigenvalue weighted by atomic mass is 10.1. The molecule has 1 unspecified atom stereocenters. The maximum Gasteiger partial charge on any atom is 0.256 e.